The average molecular weight is 181 g/mol. The molecule has 2 atom stereocenters. The first-order valence-corrected chi connectivity index (χ1v) is 4.75. The first-order valence-electron chi connectivity index (χ1n) is 4.75. The van der Waals surface area contributed by atoms with E-state index in [1.807, 2.05) is 20.8 Å². The Kier molecular flexibility index (Phi) is 1.44. The highest BCUT2D eigenvalue weighted by Gasteiger charge is 2.61. The number of fused-ring (bicyclic) bond motifs is 2. The quantitative estimate of drug-likeness (QED) is 0.568. The summed E-state index contributed by atoms with van der Waals surface area (Å²) >= 11 is 0. The molecular formula is C10H15NO2. The summed E-state index contributed by atoms with van der Waals surface area (Å²) in [5.41, 5.74) is -0.516. The van der Waals surface area contributed by atoms with E-state index in [0.717, 1.165) is 12.8 Å². The lowest BCUT2D eigenvalue weighted by molar-refractivity contribution is -0.150. The number of hydrogen-bond donors (Lipinski definition) is 1. The lowest BCUT2D eigenvalue weighted by Crippen LogP contribution is -2.57. The van der Waals surface area contributed by atoms with Gasteiger partial charge in [-0.3, -0.25) is 14.9 Å². The second-order valence-electron chi connectivity index (χ2n) is 4.96. The van der Waals surface area contributed by atoms with E-state index >= 15 is 0 Å². The Bertz CT molecular complexity index is 295. The maximum atomic E-state index is 11.7. The molecule has 1 N–H and O–H groups in total. The number of carbonyl (C=O) groups excluding carboxylic acids is 2. The Morgan fingerprint density at radius 1 is 1.31 bits per heavy atom. The number of carbonyl (C=O) groups is 2. The van der Waals surface area contributed by atoms with E-state index in [-0.39, 0.29) is 28.6 Å². The van der Waals surface area contributed by atoms with Gasteiger partial charge in [0.1, 0.15) is 0 Å². The zero-order valence-corrected chi connectivity index (χ0v) is 8.31. The molecule has 0 radical (unpaired) electrons. The molecule has 2 fully saturated rings. The molecule has 2 amide bonds. The summed E-state index contributed by atoms with van der Waals surface area (Å²) in [6.45, 7) is 6.03. The van der Waals surface area contributed by atoms with Gasteiger partial charge in [-0.05, 0) is 18.3 Å². The van der Waals surface area contributed by atoms with Crippen LogP contribution in [0.3, 0.4) is 0 Å². The van der Waals surface area contributed by atoms with Gasteiger partial charge in [0.2, 0.25) is 11.8 Å². The molecule has 0 spiro atoms. The Hall–Kier alpha value is -0.860. The summed E-state index contributed by atoms with van der Waals surface area (Å²) in [6, 6.07) is 0. The zero-order valence-electron chi connectivity index (χ0n) is 8.31. The highest BCUT2D eigenvalue weighted by Crippen LogP contribution is 2.57. The van der Waals surface area contributed by atoms with Crippen LogP contribution < -0.4 is 5.32 Å². The second kappa shape index (κ2) is 2.14. The predicted molar refractivity (Wildman–Crippen MR) is 47.8 cm³/mol. The molecule has 1 aliphatic heterocycles. The molecule has 2 bridgehead atoms. The summed E-state index contributed by atoms with van der Waals surface area (Å²) < 4.78 is 0. The standard InChI is InChI=1S/C10H15NO2/c1-9(2)6-4-5-10(9,3)8(13)11-7(6)12/h6H,4-5H2,1-3H3,(H,11,12,13)/t6-,10+/m0/s1. The summed E-state index contributed by atoms with van der Waals surface area (Å²) in [5.74, 6) is -0.142. The fourth-order valence-electron chi connectivity index (χ4n) is 2.70. The van der Waals surface area contributed by atoms with E-state index in [2.05, 4.69) is 5.32 Å². The lowest BCUT2D eigenvalue weighted by atomic mass is 9.63. The number of amides is 2. The van der Waals surface area contributed by atoms with Crippen molar-refractivity contribution in [3.05, 3.63) is 0 Å². The van der Waals surface area contributed by atoms with E-state index in [4.69, 9.17) is 0 Å². The third kappa shape index (κ3) is 0.798. The van der Waals surface area contributed by atoms with Crippen molar-refractivity contribution in [3.8, 4) is 0 Å². The third-order valence-corrected chi connectivity index (χ3v) is 4.28. The third-order valence-electron chi connectivity index (χ3n) is 4.28. The van der Waals surface area contributed by atoms with E-state index in [1.165, 1.54) is 0 Å². The highest BCUT2D eigenvalue weighted by atomic mass is 16.2. The van der Waals surface area contributed by atoms with Crippen LogP contribution in [0.15, 0.2) is 0 Å². The minimum Gasteiger partial charge on any atom is -0.296 e. The van der Waals surface area contributed by atoms with Crippen LogP contribution in [0.25, 0.3) is 0 Å². The molecule has 1 saturated heterocycles. The van der Waals surface area contributed by atoms with Gasteiger partial charge in [-0.25, -0.2) is 0 Å². The largest absolute Gasteiger partial charge is 0.296 e. The predicted octanol–water partition coefficient (Wildman–Crippen LogP) is 1.09. The summed E-state index contributed by atoms with van der Waals surface area (Å²) in [4.78, 5) is 23.2. The summed E-state index contributed by atoms with van der Waals surface area (Å²) in [5, 5.41) is 2.46. The van der Waals surface area contributed by atoms with Crippen molar-refractivity contribution in [2.45, 2.75) is 33.6 Å². The van der Waals surface area contributed by atoms with E-state index in [9.17, 15) is 9.59 Å². The maximum absolute atomic E-state index is 11.7. The summed E-state index contributed by atoms with van der Waals surface area (Å²) in [6.07, 6.45) is 1.68. The molecule has 0 aromatic carbocycles. The average Bonchev–Trinajstić information content (AvgIpc) is 2.16. The molecule has 0 aromatic rings. The van der Waals surface area contributed by atoms with Crippen LogP contribution in [0.4, 0.5) is 0 Å². The van der Waals surface area contributed by atoms with Gasteiger partial charge in [-0.1, -0.05) is 20.8 Å². The van der Waals surface area contributed by atoms with Crippen LogP contribution in [-0.2, 0) is 9.59 Å². The monoisotopic (exact) mass is 181 g/mol. The van der Waals surface area contributed by atoms with Gasteiger partial charge in [0.25, 0.3) is 0 Å². The molecule has 3 heteroatoms. The van der Waals surface area contributed by atoms with Gasteiger partial charge in [0.15, 0.2) is 0 Å². The number of hydrogen-bond acceptors (Lipinski definition) is 2. The van der Waals surface area contributed by atoms with Gasteiger partial charge >= 0.3 is 0 Å². The Morgan fingerprint density at radius 2 is 1.92 bits per heavy atom. The van der Waals surface area contributed by atoms with Gasteiger partial charge in [-0.15, -0.1) is 0 Å². The van der Waals surface area contributed by atoms with Crippen LogP contribution in [0.1, 0.15) is 33.6 Å². The van der Waals surface area contributed by atoms with Crippen molar-refractivity contribution in [1.82, 2.24) is 5.32 Å². The first kappa shape index (κ1) is 8.73. The topological polar surface area (TPSA) is 46.2 Å². The molecule has 1 heterocycles. The fraction of sp³-hybridized carbons (Fsp3) is 0.800. The van der Waals surface area contributed by atoms with Crippen molar-refractivity contribution in [2.75, 3.05) is 0 Å². The number of rotatable bonds is 0. The van der Waals surface area contributed by atoms with E-state index < -0.39 is 0 Å². The van der Waals surface area contributed by atoms with Crippen LogP contribution in [0.5, 0.6) is 0 Å². The Morgan fingerprint density at radius 3 is 2.54 bits per heavy atom. The number of nitrogens with one attached hydrogen (secondary N) is 1. The van der Waals surface area contributed by atoms with Gasteiger partial charge in [0.05, 0.1) is 5.41 Å². The molecule has 1 saturated carbocycles. The molecule has 13 heavy (non-hydrogen) atoms. The SMILES string of the molecule is CC1(C)[C@H]2CC[C@]1(C)C(=O)NC2=O. The van der Waals surface area contributed by atoms with Crippen molar-refractivity contribution in [2.24, 2.45) is 16.7 Å². The first-order chi connectivity index (χ1) is 5.89. The van der Waals surface area contributed by atoms with Crippen molar-refractivity contribution < 1.29 is 9.59 Å². The van der Waals surface area contributed by atoms with Gasteiger partial charge in [0, 0.05) is 5.92 Å². The molecule has 1 aliphatic carbocycles. The lowest BCUT2D eigenvalue weighted by Gasteiger charge is -2.43. The van der Waals surface area contributed by atoms with Gasteiger partial charge < -0.3 is 0 Å². The molecule has 2 aliphatic rings. The minimum atomic E-state index is -0.342. The second-order valence-corrected chi connectivity index (χ2v) is 4.96. The van der Waals surface area contributed by atoms with Crippen LogP contribution in [-0.4, -0.2) is 11.8 Å². The van der Waals surface area contributed by atoms with Gasteiger partial charge in [-0.2, -0.15) is 0 Å². The Balaban J connectivity index is 2.51. The molecule has 0 unspecified atom stereocenters. The molecule has 3 nitrogen and oxygen atoms in total. The van der Waals surface area contributed by atoms with Crippen molar-refractivity contribution in [3.63, 3.8) is 0 Å². The zero-order chi connectivity index (χ0) is 9.85. The molecule has 0 aromatic heterocycles. The molecular weight excluding hydrogens is 166 g/mol. The van der Waals surface area contributed by atoms with Crippen LogP contribution in [0, 0.1) is 16.7 Å². The van der Waals surface area contributed by atoms with E-state index in [1.54, 1.807) is 0 Å². The van der Waals surface area contributed by atoms with Crippen LogP contribution >= 0.6 is 0 Å². The normalized spacial score (nSPS) is 41.9. The summed E-state index contributed by atoms with van der Waals surface area (Å²) in [7, 11) is 0. The Labute approximate surface area is 77.9 Å². The van der Waals surface area contributed by atoms with Crippen molar-refractivity contribution >= 4 is 11.8 Å². The highest BCUT2D eigenvalue weighted by molar-refractivity contribution is 6.03. The van der Waals surface area contributed by atoms with E-state index in [0.29, 0.717) is 0 Å². The van der Waals surface area contributed by atoms with Crippen molar-refractivity contribution in [1.29, 1.82) is 0 Å². The van der Waals surface area contributed by atoms with Crippen LogP contribution in [0.2, 0.25) is 0 Å². The maximum Gasteiger partial charge on any atom is 0.233 e. The molecule has 2 rings (SSSR count). The fourth-order valence-corrected chi connectivity index (χ4v) is 2.70. The number of imide groups is 1. The number of piperidine rings is 1. The smallest absolute Gasteiger partial charge is 0.233 e. The molecule has 72 valence electrons. The minimum absolute atomic E-state index is 0.0233.